The van der Waals surface area contributed by atoms with Crippen LogP contribution < -0.4 is 0 Å². The monoisotopic (exact) mass is 289 g/mol. The third-order valence-electron chi connectivity index (χ3n) is 3.63. The van der Waals surface area contributed by atoms with E-state index in [0.717, 1.165) is 12.0 Å². The molecule has 2 rings (SSSR count). The zero-order valence-corrected chi connectivity index (χ0v) is 13.2. The molecule has 0 aromatic heterocycles. The standard InChI is InChI=1S/C17H23NO3/c1-12(19)13-5-7-14(8-6-13)15-9-10-18(11-15)16(20)21-17(2,3)4/h5-8,15H,9-11H2,1-4H3. The highest BCUT2D eigenvalue weighted by atomic mass is 16.6. The van der Waals surface area contributed by atoms with Crippen LogP contribution in [0.15, 0.2) is 24.3 Å². The number of hydrogen-bond acceptors (Lipinski definition) is 3. The zero-order chi connectivity index (χ0) is 15.6. The summed E-state index contributed by atoms with van der Waals surface area (Å²) in [5.74, 6) is 0.391. The Bertz CT molecular complexity index is 528. The second-order valence-electron chi connectivity index (χ2n) is 6.59. The van der Waals surface area contributed by atoms with Gasteiger partial charge < -0.3 is 9.64 Å². The average Bonchev–Trinajstić information content (AvgIpc) is 2.86. The second kappa shape index (κ2) is 5.88. The highest BCUT2D eigenvalue weighted by Gasteiger charge is 2.30. The Kier molecular flexibility index (Phi) is 4.35. The minimum absolute atomic E-state index is 0.0725. The van der Waals surface area contributed by atoms with Gasteiger partial charge in [0.05, 0.1) is 0 Å². The lowest BCUT2D eigenvalue weighted by atomic mass is 9.97. The Labute approximate surface area is 126 Å². The quantitative estimate of drug-likeness (QED) is 0.781. The summed E-state index contributed by atoms with van der Waals surface area (Å²) in [5, 5.41) is 0. The van der Waals surface area contributed by atoms with Crippen molar-refractivity contribution in [2.45, 2.75) is 45.6 Å². The molecular formula is C17H23NO3. The Morgan fingerprint density at radius 1 is 1.19 bits per heavy atom. The van der Waals surface area contributed by atoms with Crippen molar-refractivity contribution in [3.8, 4) is 0 Å². The maximum Gasteiger partial charge on any atom is 0.410 e. The summed E-state index contributed by atoms with van der Waals surface area (Å²) >= 11 is 0. The molecule has 114 valence electrons. The van der Waals surface area contributed by atoms with Crippen molar-refractivity contribution in [3.05, 3.63) is 35.4 Å². The third kappa shape index (κ3) is 4.06. The molecule has 0 bridgehead atoms. The minimum atomic E-state index is -0.460. The lowest BCUT2D eigenvalue weighted by molar-refractivity contribution is 0.0292. The molecule has 0 spiro atoms. The maximum absolute atomic E-state index is 12.0. The smallest absolute Gasteiger partial charge is 0.410 e. The van der Waals surface area contributed by atoms with Gasteiger partial charge in [-0.1, -0.05) is 24.3 Å². The van der Waals surface area contributed by atoms with Crippen molar-refractivity contribution in [1.82, 2.24) is 4.90 Å². The highest BCUT2D eigenvalue weighted by Crippen LogP contribution is 2.28. The number of rotatable bonds is 2. The molecule has 1 amide bonds. The molecule has 1 aliphatic heterocycles. The van der Waals surface area contributed by atoms with Crippen molar-refractivity contribution in [3.63, 3.8) is 0 Å². The van der Waals surface area contributed by atoms with Crippen LogP contribution in [0.25, 0.3) is 0 Å². The van der Waals surface area contributed by atoms with Crippen LogP contribution >= 0.6 is 0 Å². The van der Waals surface area contributed by atoms with Crippen LogP contribution in [0.2, 0.25) is 0 Å². The first-order chi connectivity index (χ1) is 9.76. The van der Waals surface area contributed by atoms with Crippen LogP contribution in [-0.2, 0) is 4.74 Å². The van der Waals surface area contributed by atoms with Gasteiger partial charge in [-0.25, -0.2) is 4.79 Å². The number of hydrogen-bond donors (Lipinski definition) is 0. The molecule has 0 N–H and O–H groups in total. The first-order valence-electron chi connectivity index (χ1n) is 7.35. The molecule has 4 heteroatoms. The molecule has 0 radical (unpaired) electrons. The number of Topliss-reactive ketones (excluding diaryl/α,β-unsaturated/α-hetero) is 1. The molecule has 1 saturated heterocycles. The fourth-order valence-electron chi connectivity index (χ4n) is 2.51. The van der Waals surface area contributed by atoms with Crippen LogP contribution in [-0.4, -0.2) is 35.5 Å². The summed E-state index contributed by atoms with van der Waals surface area (Å²) in [6.45, 7) is 8.58. The van der Waals surface area contributed by atoms with Gasteiger partial charge >= 0.3 is 6.09 Å². The van der Waals surface area contributed by atoms with E-state index in [-0.39, 0.29) is 11.9 Å². The maximum atomic E-state index is 12.0. The molecule has 1 aromatic carbocycles. The minimum Gasteiger partial charge on any atom is -0.444 e. The summed E-state index contributed by atoms with van der Waals surface area (Å²) in [5.41, 5.74) is 1.44. The molecule has 4 nitrogen and oxygen atoms in total. The van der Waals surface area contributed by atoms with Crippen molar-refractivity contribution < 1.29 is 14.3 Å². The van der Waals surface area contributed by atoms with E-state index in [0.29, 0.717) is 19.0 Å². The van der Waals surface area contributed by atoms with E-state index in [2.05, 4.69) is 0 Å². The van der Waals surface area contributed by atoms with E-state index in [9.17, 15) is 9.59 Å². The summed E-state index contributed by atoms with van der Waals surface area (Å²) in [4.78, 5) is 25.1. The normalized spacial score (nSPS) is 18.7. The van der Waals surface area contributed by atoms with Gasteiger partial charge in [0.2, 0.25) is 0 Å². The average molecular weight is 289 g/mol. The number of ketones is 1. The summed E-state index contributed by atoms with van der Waals surface area (Å²) in [7, 11) is 0. The molecule has 1 aromatic rings. The van der Waals surface area contributed by atoms with Crippen molar-refractivity contribution in [2.24, 2.45) is 0 Å². The van der Waals surface area contributed by atoms with Crippen LogP contribution in [0.3, 0.4) is 0 Å². The number of likely N-dealkylation sites (tertiary alicyclic amines) is 1. The van der Waals surface area contributed by atoms with Crippen LogP contribution in [0.4, 0.5) is 4.79 Å². The lowest BCUT2D eigenvalue weighted by Crippen LogP contribution is -2.35. The molecule has 1 fully saturated rings. The number of carbonyl (C=O) groups is 2. The number of nitrogens with zero attached hydrogens (tertiary/aromatic N) is 1. The number of benzene rings is 1. The van der Waals surface area contributed by atoms with E-state index in [1.165, 1.54) is 5.56 Å². The molecule has 1 unspecified atom stereocenters. The van der Waals surface area contributed by atoms with Gasteiger partial charge in [-0.05, 0) is 39.7 Å². The molecule has 1 aliphatic rings. The van der Waals surface area contributed by atoms with E-state index < -0.39 is 5.60 Å². The lowest BCUT2D eigenvalue weighted by Gasteiger charge is -2.24. The van der Waals surface area contributed by atoms with Gasteiger partial charge in [0, 0.05) is 24.6 Å². The Morgan fingerprint density at radius 2 is 1.81 bits per heavy atom. The molecule has 0 aliphatic carbocycles. The number of amides is 1. The summed E-state index contributed by atoms with van der Waals surface area (Å²) < 4.78 is 5.40. The second-order valence-corrected chi connectivity index (χ2v) is 6.59. The van der Waals surface area contributed by atoms with Crippen LogP contribution in [0, 0.1) is 0 Å². The van der Waals surface area contributed by atoms with Crippen LogP contribution in [0.1, 0.15) is 56.0 Å². The van der Waals surface area contributed by atoms with Gasteiger partial charge in [0.1, 0.15) is 5.60 Å². The fourth-order valence-corrected chi connectivity index (χ4v) is 2.51. The predicted octanol–water partition coefficient (Wildman–Crippen LogP) is 3.61. The van der Waals surface area contributed by atoms with Gasteiger partial charge in [0.15, 0.2) is 5.78 Å². The Balaban J connectivity index is 1.99. The van der Waals surface area contributed by atoms with E-state index in [1.807, 2.05) is 45.0 Å². The fraction of sp³-hybridized carbons (Fsp3) is 0.529. The van der Waals surface area contributed by atoms with Gasteiger partial charge in [-0.3, -0.25) is 4.79 Å². The van der Waals surface area contributed by atoms with E-state index in [1.54, 1.807) is 11.8 Å². The predicted molar refractivity (Wildman–Crippen MR) is 81.6 cm³/mol. The molecule has 1 atom stereocenters. The Morgan fingerprint density at radius 3 is 2.33 bits per heavy atom. The van der Waals surface area contributed by atoms with Gasteiger partial charge in [-0.15, -0.1) is 0 Å². The topological polar surface area (TPSA) is 46.6 Å². The molecule has 21 heavy (non-hydrogen) atoms. The molecule has 1 heterocycles. The van der Waals surface area contributed by atoms with E-state index >= 15 is 0 Å². The molecule has 0 saturated carbocycles. The summed E-state index contributed by atoms with van der Waals surface area (Å²) in [6.07, 6.45) is 0.684. The Hall–Kier alpha value is -1.84. The number of ether oxygens (including phenoxy) is 1. The van der Waals surface area contributed by atoms with Crippen LogP contribution in [0.5, 0.6) is 0 Å². The summed E-state index contributed by atoms with van der Waals surface area (Å²) in [6, 6.07) is 7.68. The third-order valence-corrected chi connectivity index (χ3v) is 3.63. The van der Waals surface area contributed by atoms with Gasteiger partial charge in [0.25, 0.3) is 0 Å². The van der Waals surface area contributed by atoms with Crippen molar-refractivity contribution >= 4 is 11.9 Å². The first-order valence-corrected chi connectivity index (χ1v) is 7.35. The SMILES string of the molecule is CC(=O)c1ccc(C2CCN(C(=O)OC(C)(C)C)C2)cc1. The molecular weight excluding hydrogens is 266 g/mol. The van der Waals surface area contributed by atoms with E-state index in [4.69, 9.17) is 4.74 Å². The highest BCUT2D eigenvalue weighted by molar-refractivity contribution is 5.94. The van der Waals surface area contributed by atoms with Crippen molar-refractivity contribution in [1.29, 1.82) is 0 Å². The largest absolute Gasteiger partial charge is 0.444 e. The zero-order valence-electron chi connectivity index (χ0n) is 13.2. The number of carbonyl (C=O) groups excluding carboxylic acids is 2. The first kappa shape index (κ1) is 15.5. The van der Waals surface area contributed by atoms with Crippen molar-refractivity contribution in [2.75, 3.05) is 13.1 Å². The van der Waals surface area contributed by atoms with Gasteiger partial charge in [-0.2, -0.15) is 0 Å².